The van der Waals surface area contributed by atoms with E-state index in [-0.39, 0.29) is 18.3 Å². The van der Waals surface area contributed by atoms with E-state index >= 15 is 0 Å². The van der Waals surface area contributed by atoms with Gasteiger partial charge in [-0.15, -0.1) is 0 Å². The first kappa shape index (κ1) is 10.8. The lowest BCUT2D eigenvalue weighted by Gasteiger charge is -2.19. The summed E-state index contributed by atoms with van der Waals surface area (Å²) in [5, 5.41) is 11.2. The summed E-state index contributed by atoms with van der Waals surface area (Å²) in [7, 11) is 0. The molecular weight excluding hydrogens is 182 g/mol. The number of amidine groups is 1. The van der Waals surface area contributed by atoms with Crippen LogP contribution in [0.2, 0.25) is 0 Å². The van der Waals surface area contributed by atoms with Crippen LogP contribution in [0.15, 0.2) is 5.16 Å². The molecule has 5 heteroatoms. The van der Waals surface area contributed by atoms with Crippen LogP contribution >= 0.6 is 0 Å². The van der Waals surface area contributed by atoms with Gasteiger partial charge in [0, 0.05) is 13.0 Å². The van der Waals surface area contributed by atoms with Crippen molar-refractivity contribution in [3.63, 3.8) is 0 Å². The molecule has 1 aliphatic rings. The first-order valence-electron chi connectivity index (χ1n) is 4.91. The standard InChI is InChI=1S/C9H17N3O2/c1-2-12(6-8(10)11-14)9(13)5-7-3-4-7/h7,14H,2-6H2,1H3,(H2,10,11). The molecule has 1 fully saturated rings. The van der Waals surface area contributed by atoms with Gasteiger partial charge in [0.25, 0.3) is 0 Å². The van der Waals surface area contributed by atoms with Crippen molar-refractivity contribution in [3.8, 4) is 0 Å². The number of rotatable bonds is 5. The first-order chi connectivity index (χ1) is 6.67. The summed E-state index contributed by atoms with van der Waals surface area (Å²) in [6.45, 7) is 2.70. The van der Waals surface area contributed by atoms with Crippen LogP contribution in [-0.4, -0.2) is 34.9 Å². The Morgan fingerprint density at radius 3 is 2.71 bits per heavy atom. The molecule has 0 saturated heterocycles. The van der Waals surface area contributed by atoms with Gasteiger partial charge in [0.2, 0.25) is 5.91 Å². The number of oxime groups is 1. The Bertz CT molecular complexity index is 236. The molecule has 0 aromatic carbocycles. The number of amides is 1. The largest absolute Gasteiger partial charge is 0.409 e. The molecule has 0 aliphatic heterocycles. The number of nitrogens with two attached hydrogens (primary N) is 1. The average molecular weight is 199 g/mol. The normalized spacial score (nSPS) is 16.8. The molecule has 0 bridgehead atoms. The second kappa shape index (κ2) is 4.83. The van der Waals surface area contributed by atoms with Crippen LogP contribution in [0, 0.1) is 5.92 Å². The topological polar surface area (TPSA) is 78.9 Å². The molecule has 1 amide bonds. The van der Waals surface area contributed by atoms with Crippen molar-refractivity contribution in [3.05, 3.63) is 0 Å². The third-order valence-corrected chi connectivity index (χ3v) is 2.38. The quantitative estimate of drug-likeness (QED) is 0.291. The van der Waals surface area contributed by atoms with Crippen LogP contribution in [0.1, 0.15) is 26.2 Å². The van der Waals surface area contributed by atoms with E-state index in [2.05, 4.69) is 5.16 Å². The maximum absolute atomic E-state index is 11.6. The lowest BCUT2D eigenvalue weighted by atomic mass is 10.2. The summed E-state index contributed by atoms with van der Waals surface area (Å²) >= 11 is 0. The van der Waals surface area contributed by atoms with Crippen molar-refractivity contribution in [2.24, 2.45) is 16.8 Å². The number of hydrogen-bond acceptors (Lipinski definition) is 3. The summed E-state index contributed by atoms with van der Waals surface area (Å²) in [6, 6.07) is 0. The molecule has 0 aromatic rings. The lowest BCUT2D eigenvalue weighted by Crippen LogP contribution is -2.38. The lowest BCUT2D eigenvalue weighted by molar-refractivity contribution is -0.130. The molecule has 0 heterocycles. The second-order valence-electron chi connectivity index (χ2n) is 3.65. The van der Waals surface area contributed by atoms with Crippen molar-refractivity contribution in [2.45, 2.75) is 26.2 Å². The van der Waals surface area contributed by atoms with Gasteiger partial charge in [-0.25, -0.2) is 0 Å². The molecule has 0 radical (unpaired) electrons. The van der Waals surface area contributed by atoms with E-state index < -0.39 is 0 Å². The molecule has 3 N–H and O–H groups in total. The zero-order valence-corrected chi connectivity index (χ0v) is 8.44. The maximum Gasteiger partial charge on any atom is 0.223 e. The van der Waals surface area contributed by atoms with Crippen LogP contribution in [0.3, 0.4) is 0 Å². The SMILES string of the molecule is CCN(CC(N)=NO)C(=O)CC1CC1. The van der Waals surface area contributed by atoms with Gasteiger partial charge in [0.1, 0.15) is 0 Å². The minimum absolute atomic E-state index is 0.0796. The minimum Gasteiger partial charge on any atom is -0.409 e. The van der Waals surface area contributed by atoms with E-state index in [1.807, 2.05) is 6.92 Å². The Morgan fingerprint density at radius 2 is 2.29 bits per heavy atom. The summed E-state index contributed by atoms with van der Waals surface area (Å²) in [5.74, 6) is 0.751. The molecule has 0 unspecified atom stereocenters. The van der Waals surface area contributed by atoms with Crippen LogP contribution in [0.4, 0.5) is 0 Å². The van der Waals surface area contributed by atoms with Gasteiger partial charge in [-0.1, -0.05) is 5.16 Å². The number of carbonyl (C=O) groups is 1. The van der Waals surface area contributed by atoms with E-state index in [9.17, 15) is 4.79 Å². The third kappa shape index (κ3) is 3.24. The maximum atomic E-state index is 11.6. The van der Waals surface area contributed by atoms with E-state index in [4.69, 9.17) is 10.9 Å². The highest BCUT2D eigenvalue weighted by molar-refractivity contribution is 5.87. The Balaban J connectivity index is 2.38. The zero-order valence-electron chi connectivity index (χ0n) is 8.44. The predicted octanol–water partition coefficient (Wildman–Crippen LogP) is 0.381. The summed E-state index contributed by atoms with van der Waals surface area (Å²) in [4.78, 5) is 13.2. The van der Waals surface area contributed by atoms with E-state index in [0.29, 0.717) is 18.9 Å². The van der Waals surface area contributed by atoms with Gasteiger partial charge in [0.15, 0.2) is 5.84 Å². The average Bonchev–Trinajstić information content (AvgIpc) is 2.97. The van der Waals surface area contributed by atoms with Crippen LogP contribution in [-0.2, 0) is 4.79 Å². The Hall–Kier alpha value is -1.26. The minimum atomic E-state index is 0.0796. The fraction of sp³-hybridized carbons (Fsp3) is 0.778. The third-order valence-electron chi connectivity index (χ3n) is 2.38. The molecule has 0 aromatic heterocycles. The van der Waals surface area contributed by atoms with Gasteiger partial charge in [-0.05, 0) is 25.7 Å². The summed E-state index contributed by atoms with van der Waals surface area (Å²) < 4.78 is 0. The fourth-order valence-corrected chi connectivity index (χ4v) is 1.30. The van der Waals surface area contributed by atoms with Gasteiger partial charge < -0.3 is 15.8 Å². The number of likely N-dealkylation sites (N-methyl/N-ethyl adjacent to an activating group) is 1. The van der Waals surface area contributed by atoms with Crippen molar-refractivity contribution in [2.75, 3.05) is 13.1 Å². The van der Waals surface area contributed by atoms with Gasteiger partial charge >= 0.3 is 0 Å². The smallest absolute Gasteiger partial charge is 0.223 e. The molecule has 5 nitrogen and oxygen atoms in total. The number of carbonyl (C=O) groups excluding carboxylic acids is 1. The van der Waals surface area contributed by atoms with Crippen molar-refractivity contribution in [1.82, 2.24) is 4.90 Å². The molecular formula is C9H17N3O2. The zero-order chi connectivity index (χ0) is 10.6. The van der Waals surface area contributed by atoms with Gasteiger partial charge in [-0.3, -0.25) is 4.79 Å². The molecule has 1 rings (SSSR count). The molecule has 80 valence electrons. The van der Waals surface area contributed by atoms with Crippen LogP contribution in [0.5, 0.6) is 0 Å². The highest BCUT2D eigenvalue weighted by Gasteiger charge is 2.26. The fourth-order valence-electron chi connectivity index (χ4n) is 1.30. The first-order valence-corrected chi connectivity index (χ1v) is 4.91. The highest BCUT2D eigenvalue weighted by atomic mass is 16.4. The van der Waals surface area contributed by atoms with Crippen molar-refractivity contribution in [1.29, 1.82) is 0 Å². The van der Waals surface area contributed by atoms with Crippen LogP contribution < -0.4 is 5.73 Å². The van der Waals surface area contributed by atoms with Crippen molar-refractivity contribution >= 4 is 11.7 Å². The number of nitrogens with zero attached hydrogens (tertiary/aromatic N) is 2. The van der Waals surface area contributed by atoms with E-state index in [1.165, 1.54) is 0 Å². The summed E-state index contributed by atoms with van der Waals surface area (Å²) in [5.41, 5.74) is 5.34. The highest BCUT2D eigenvalue weighted by Crippen LogP contribution is 2.32. The monoisotopic (exact) mass is 199 g/mol. The molecule has 0 atom stereocenters. The Labute approximate surface area is 83.6 Å². The molecule has 14 heavy (non-hydrogen) atoms. The number of hydrogen-bond donors (Lipinski definition) is 2. The van der Waals surface area contributed by atoms with Gasteiger partial charge in [-0.2, -0.15) is 0 Å². The molecule has 0 spiro atoms. The second-order valence-corrected chi connectivity index (χ2v) is 3.65. The van der Waals surface area contributed by atoms with Crippen molar-refractivity contribution < 1.29 is 10.0 Å². The predicted molar refractivity (Wildman–Crippen MR) is 53.0 cm³/mol. The molecule has 1 aliphatic carbocycles. The summed E-state index contributed by atoms with van der Waals surface area (Å²) in [6.07, 6.45) is 2.92. The molecule has 1 saturated carbocycles. The Kier molecular flexibility index (Phi) is 3.73. The van der Waals surface area contributed by atoms with Gasteiger partial charge in [0.05, 0.1) is 6.54 Å². The van der Waals surface area contributed by atoms with E-state index in [0.717, 1.165) is 12.8 Å². The van der Waals surface area contributed by atoms with Crippen LogP contribution in [0.25, 0.3) is 0 Å². The van der Waals surface area contributed by atoms with E-state index in [1.54, 1.807) is 4.90 Å². The Morgan fingerprint density at radius 1 is 1.64 bits per heavy atom.